The molecule has 0 saturated heterocycles. The van der Waals surface area contributed by atoms with Gasteiger partial charge in [-0.2, -0.15) is 0 Å². The number of aromatic nitrogens is 1. The molecule has 0 unspecified atom stereocenters. The number of aliphatic hydroxyl groups is 1. The number of halogens is 5. The summed E-state index contributed by atoms with van der Waals surface area (Å²) >= 11 is 5.35. The van der Waals surface area contributed by atoms with Crippen LogP contribution in [-0.2, 0) is 9.53 Å². The summed E-state index contributed by atoms with van der Waals surface area (Å²) in [6, 6.07) is 1.34. The standard InChI is InChI=1S/C17H12ClF4N3O3/c1-2-28-17(27)8(5-24-12-4-11(23)10(20)6-25-12)16(26)7-3-9(19)15(22)13(18)14(7)21/h3-6,26H,2H2,1H3,(H2,23,25)/b16-8+,24-5?. The van der Waals surface area contributed by atoms with E-state index in [0.29, 0.717) is 6.07 Å². The number of hydrogen-bond donors (Lipinski definition) is 2. The summed E-state index contributed by atoms with van der Waals surface area (Å²) in [6.07, 6.45) is 1.49. The second-order valence-corrected chi connectivity index (χ2v) is 5.53. The zero-order valence-corrected chi connectivity index (χ0v) is 14.9. The van der Waals surface area contributed by atoms with E-state index in [-0.39, 0.29) is 18.1 Å². The molecule has 0 saturated carbocycles. The van der Waals surface area contributed by atoms with Crippen molar-refractivity contribution in [2.45, 2.75) is 6.92 Å². The van der Waals surface area contributed by atoms with Crippen molar-refractivity contribution in [3.8, 4) is 0 Å². The van der Waals surface area contributed by atoms with E-state index < -0.39 is 51.2 Å². The molecule has 0 spiro atoms. The molecule has 0 atom stereocenters. The van der Waals surface area contributed by atoms with Gasteiger partial charge in [-0.25, -0.2) is 32.3 Å². The Morgan fingerprint density at radius 2 is 1.96 bits per heavy atom. The predicted octanol–water partition coefficient (Wildman–Crippen LogP) is 4.11. The van der Waals surface area contributed by atoms with E-state index in [1.165, 1.54) is 6.92 Å². The van der Waals surface area contributed by atoms with Gasteiger partial charge in [0.1, 0.15) is 16.4 Å². The largest absolute Gasteiger partial charge is 0.506 e. The molecule has 1 heterocycles. The lowest BCUT2D eigenvalue weighted by atomic mass is 10.1. The van der Waals surface area contributed by atoms with Crippen molar-refractivity contribution in [1.82, 2.24) is 4.98 Å². The van der Waals surface area contributed by atoms with E-state index in [4.69, 9.17) is 22.1 Å². The number of pyridine rings is 1. The van der Waals surface area contributed by atoms with E-state index in [9.17, 15) is 27.5 Å². The van der Waals surface area contributed by atoms with Crippen LogP contribution >= 0.6 is 11.6 Å². The highest BCUT2D eigenvalue weighted by molar-refractivity contribution is 6.31. The average Bonchev–Trinajstić information content (AvgIpc) is 2.66. The van der Waals surface area contributed by atoms with Gasteiger partial charge in [-0.15, -0.1) is 0 Å². The summed E-state index contributed by atoms with van der Waals surface area (Å²) in [6.45, 7) is 1.34. The average molecular weight is 418 g/mol. The highest BCUT2D eigenvalue weighted by Gasteiger charge is 2.24. The van der Waals surface area contributed by atoms with E-state index in [2.05, 4.69) is 9.98 Å². The molecule has 1 aromatic carbocycles. The molecule has 28 heavy (non-hydrogen) atoms. The Morgan fingerprint density at radius 3 is 2.57 bits per heavy atom. The number of nitrogen functional groups attached to an aromatic ring is 1. The lowest BCUT2D eigenvalue weighted by Crippen LogP contribution is -2.12. The van der Waals surface area contributed by atoms with E-state index in [0.717, 1.165) is 18.5 Å². The van der Waals surface area contributed by atoms with Crippen LogP contribution in [0.5, 0.6) is 0 Å². The van der Waals surface area contributed by atoms with Crippen molar-refractivity contribution in [2.24, 2.45) is 4.99 Å². The minimum Gasteiger partial charge on any atom is -0.506 e. The Bertz CT molecular complexity index is 996. The van der Waals surface area contributed by atoms with Crippen molar-refractivity contribution in [2.75, 3.05) is 12.3 Å². The highest BCUT2D eigenvalue weighted by atomic mass is 35.5. The minimum absolute atomic E-state index is 0.119. The van der Waals surface area contributed by atoms with Crippen LogP contribution in [0.4, 0.5) is 29.1 Å². The molecule has 0 radical (unpaired) electrons. The zero-order chi connectivity index (χ0) is 21.0. The molecular weight excluding hydrogens is 406 g/mol. The van der Waals surface area contributed by atoms with Crippen LogP contribution in [0.1, 0.15) is 12.5 Å². The van der Waals surface area contributed by atoms with Gasteiger partial charge in [-0.1, -0.05) is 11.6 Å². The van der Waals surface area contributed by atoms with Crippen LogP contribution in [0.25, 0.3) is 5.76 Å². The highest BCUT2D eigenvalue weighted by Crippen LogP contribution is 2.29. The number of aliphatic hydroxyl groups excluding tert-OH is 1. The summed E-state index contributed by atoms with van der Waals surface area (Å²) < 4.78 is 58.9. The Morgan fingerprint density at radius 1 is 1.29 bits per heavy atom. The van der Waals surface area contributed by atoms with Crippen LogP contribution in [0.2, 0.25) is 5.02 Å². The van der Waals surface area contributed by atoms with Crippen molar-refractivity contribution < 1.29 is 32.2 Å². The third kappa shape index (κ3) is 4.39. The molecule has 0 aliphatic rings. The summed E-state index contributed by atoms with van der Waals surface area (Å²) in [5, 5.41) is 9.06. The van der Waals surface area contributed by atoms with Crippen LogP contribution in [-0.4, -0.2) is 28.9 Å². The van der Waals surface area contributed by atoms with E-state index in [1.807, 2.05) is 0 Å². The first-order chi connectivity index (χ1) is 13.2. The molecule has 1 aromatic heterocycles. The smallest absolute Gasteiger partial charge is 0.343 e. The molecule has 0 amide bonds. The minimum atomic E-state index is -1.66. The zero-order valence-electron chi connectivity index (χ0n) is 14.1. The number of carbonyl (C=O) groups is 1. The predicted molar refractivity (Wildman–Crippen MR) is 94.3 cm³/mol. The second-order valence-electron chi connectivity index (χ2n) is 5.15. The lowest BCUT2D eigenvalue weighted by molar-refractivity contribution is -0.137. The van der Waals surface area contributed by atoms with Gasteiger partial charge in [-0.05, 0) is 13.0 Å². The summed E-state index contributed by atoms with van der Waals surface area (Å²) in [5.41, 5.74) is 3.47. The molecule has 6 nitrogen and oxygen atoms in total. The Balaban J connectivity index is 2.60. The molecule has 3 N–H and O–H groups in total. The van der Waals surface area contributed by atoms with Gasteiger partial charge in [0.15, 0.2) is 29.1 Å². The topological polar surface area (TPSA) is 97.8 Å². The number of carbonyl (C=O) groups excluding carboxylic acids is 1. The van der Waals surface area contributed by atoms with Gasteiger partial charge in [-0.3, -0.25) is 0 Å². The summed E-state index contributed by atoms with van der Waals surface area (Å²) in [5.74, 6) is -7.94. The fourth-order valence-electron chi connectivity index (χ4n) is 1.95. The van der Waals surface area contributed by atoms with Crippen molar-refractivity contribution >= 4 is 41.0 Å². The van der Waals surface area contributed by atoms with Crippen LogP contribution in [0.15, 0.2) is 28.9 Å². The number of benzene rings is 1. The van der Waals surface area contributed by atoms with Gasteiger partial charge >= 0.3 is 5.97 Å². The second kappa shape index (κ2) is 8.70. The SMILES string of the molecule is CCOC(=O)/C(C=Nc1cc(N)c(F)cn1)=C(/O)c1cc(F)c(F)c(Cl)c1F. The molecule has 0 fully saturated rings. The summed E-state index contributed by atoms with van der Waals surface area (Å²) in [4.78, 5) is 19.4. The fourth-order valence-corrected chi connectivity index (χ4v) is 2.15. The third-order valence-corrected chi connectivity index (χ3v) is 3.64. The van der Waals surface area contributed by atoms with Crippen molar-refractivity contribution in [1.29, 1.82) is 0 Å². The van der Waals surface area contributed by atoms with Crippen molar-refractivity contribution in [3.63, 3.8) is 0 Å². The molecular formula is C17H12ClF4N3O3. The first-order valence-electron chi connectivity index (χ1n) is 7.56. The lowest BCUT2D eigenvalue weighted by Gasteiger charge is -2.09. The quantitative estimate of drug-likeness (QED) is 0.145. The van der Waals surface area contributed by atoms with Crippen molar-refractivity contribution in [3.05, 3.63) is 57.8 Å². The molecule has 0 aliphatic carbocycles. The number of nitrogens with zero attached hydrogens (tertiary/aromatic N) is 2. The first kappa shape index (κ1) is 21.2. The molecule has 11 heteroatoms. The van der Waals surface area contributed by atoms with Gasteiger partial charge in [0.05, 0.1) is 24.1 Å². The molecule has 0 aliphatic heterocycles. The molecule has 2 rings (SSSR count). The monoisotopic (exact) mass is 417 g/mol. The van der Waals surface area contributed by atoms with E-state index >= 15 is 0 Å². The Hall–Kier alpha value is -3.14. The number of rotatable bonds is 5. The Kier molecular flexibility index (Phi) is 6.57. The maximum absolute atomic E-state index is 14.2. The third-order valence-electron chi connectivity index (χ3n) is 3.30. The van der Waals surface area contributed by atoms with Crippen LogP contribution < -0.4 is 5.73 Å². The molecule has 0 bridgehead atoms. The summed E-state index contributed by atoms with van der Waals surface area (Å²) in [7, 11) is 0. The number of hydrogen-bond acceptors (Lipinski definition) is 6. The van der Waals surface area contributed by atoms with Gasteiger partial charge < -0.3 is 15.6 Å². The van der Waals surface area contributed by atoms with Gasteiger partial charge in [0, 0.05) is 12.3 Å². The van der Waals surface area contributed by atoms with E-state index in [1.54, 1.807) is 0 Å². The van der Waals surface area contributed by atoms with Gasteiger partial charge in [0.25, 0.3) is 0 Å². The van der Waals surface area contributed by atoms with Crippen LogP contribution in [0, 0.1) is 23.3 Å². The maximum atomic E-state index is 14.2. The first-order valence-corrected chi connectivity index (χ1v) is 7.93. The normalized spacial score (nSPS) is 12.2. The number of ether oxygens (including phenoxy) is 1. The molecule has 148 valence electrons. The van der Waals surface area contributed by atoms with Crippen LogP contribution in [0.3, 0.4) is 0 Å². The van der Waals surface area contributed by atoms with Gasteiger partial charge in [0.2, 0.25) is 0 Å². The number of aliphatic imine (C=N–C) groups is 1. The molecule has 2 aromatic rings. The maximum Gasteiger partial charge on any atom is 0.343 e. The Labute approximate surface area is 160 Å². The number of esters is 1. The number of nitrogens with two attached hydrogens (primary N) is 1. The number of anilines is 1. The fraction of sp³-hybridized carbons (Fsp3) is 0.118.